The minimum absolute atomic E-state index is 0.0822. The van der Waals surface area contributed by atoms with Crippen molar-refractivity contribution < 1.29 is 54.8 Å². The number of aromatic carboxylic acids is 1. The van der Waals surface area contributed by atoms with Crippen LogP contribution in [-0.4, -0.2) is 44.4 Å². The molecular weight excluding hydrogens is 653 g/mol. The number of aromatic amines is 1. The van der Waals surface area contributed by atoms with Crippen LogP contribution in [0.15, 0.2) is 67.3 Å². The van der Waals surface area contributed by atoms with Crippen LogP contribution in [-0.2, 0) is 10.9 Å². The first-order valence-corrected chi connectivity index (χ1v) is 13.4. The van der Waals surface area contributed by atoms with E-state index in [1.165, 1.54) is 41.3 Å². The zero-order chi connectivity index (χ0) is 33.3. The second-order valence-electron chi connectivity index (χ2n) is 9.66. The molecule has 1 atom stereocenters. The SMILES string of the molecule is O=C(O)c1ccc(-c2cnn([C@H](CCOC(F)F)c3ccc(-c4c(-[n+]5cc(C(F)(F)F)n[nH]5)ccc(Cl)c4F)c[n+]3[O-])c2)cc1F. The van der Waals surface area contributed by atoms with E-state index in [0.717, 1.165) is 29.1 Å². The molecule has 2 N–H and O–H groups in total. The van der Waals surface area contributed by atoms with Crippen molar-refractivity contribution in [1.29, 1.82) is 0 Å². The molecule has 3 aromatic heterocycles. The Morgan fingerprint density at radius 2 is 1.83 bits per heavy atom. The summed E-state index contributed by atoms with van der Waals surface area (Å²) in [6.45, 7) is -3.65. The summed E-state index contributed by atoms with van der Waals surface area (Å²) in [7, 11) is 0. The van der Waals surface area contributed by atoms with E-state index in [9.17, 15) is 36.3 Å². The van der Waals surface area contributed by atoms with Crippen LogP contribution in [0, 0.1) is 16.8 Å². The highest BCUT2D eigenvalue weighted by Gasteiger charge is 2.41. The average molecular weight is 672 g/mol. The summed E-state index contributed by atoms with van der Waals surface area (Å²) in [6.07, 6.45) is -0.873. The number of pyridine rings is 1. The monoisotopic (exact) mass is 671 g/mol. The van der Waals surface area contributed by atoms with Crippen LogP contribution in [0.1, 0.15) is 34.2 Å². The third kappa shape index (κ3) is 6.64. The van der Waals surface area contributed by atoms with E-state index in [0.29, 0.717) is 16.5 Å². The van der Waals surface area contributed by atoms with Gasteiger partial charge in [0, 0.05) is 24.2 Å². The predicted octanol–water partition coefficient (Wildman–Crippen LogP) is 5.72. The molecule has 18 heteroatoms. The number of halogens is 8. The molecule has 0 saturated carbocycles. The Bertz CT molecular complexity index is 1910. The fourth-order valence-electron chi connectivity index (χ4n) is 4.67. The van der Waals surface area contributed by atoms with Gasteiger partial charge in [0.1, 0.15) is 11.9 Å². The van der Waals surface area contributed by atoms with Crippen molar-refractivity contribution in [3.8, 4) is 27.9 Å². The van der Waals surface area contributed by atoms with Crippen LogP contribution in [0.5, 0.6) is 0 Å². The third-order valence-electron chi connectivity index (χ3n) is 6.82. The average Bonchev–Trinajstić information content (AvgIpc) is 3.68. The number of alkyl halides is 5. The van der Waals surface area contributed by atoms with Crippen LogP contribution < -0.4 is 9.41 Å². The maximum atomic E-state index is 15.4. The fourth-order valence-corrected chi connectivity index (χ4v) is 4.83. The summed E-state index contributed by atoms with van der Waals surface area (Å²) in [5, 5.41) is 31.5. The molecule has 0 aliphatic heterocycles. The quantitative estimate of drug-likeness (QED) is 0.111. The number of benzene rings is 2. The molecule has 0 radical (unpaired) electrons. The Labute approximate surface area is 258 Å². The number of carbonyl (C=O) groups is 1. The smallest absolute Gasteiger partial charge is 0.464 e. The van der Waals surface area contributed by atoms with Gasteiger partial charge in [-0.05, 0) is 35.9 Å². The number of hydrogen-bond donors (Lipinski definition) is 2. The highest BCUT2D eigenvalue weighted by Crippen LogP contribution is 2.33. The Balaban J connectivity index is 1.54. The molecule has 5 rings (SSSR count). The van der Waals surface area contributed by atoms with E-state index in [2.05, 4.69) is 20.1 Å². The van der Waals surface area contributed by atoms with Crippen molar-refractivity contribution in [3.63, 3.8) is 0 Å². The molecule has 0 saturated heterocycles. The molecule has 2 aromatic carbocycles. The van der Waals surface area contributed by atoms with Crippen molar-refractivity contribution in [2.24, 2.45) is 0 Å². The molecule has 0 aliphatic carbocycles. The van der Waals surface area contributed by atoms with E-state index >= 15 is 4.39 Å². The topological polar surface area (TPSA) is 124 Å². The van der Waals surface area contributed by atoms with Crippen molar-refractivity contribution in [3.05, 3.63) is 106 Å². The second kappa shape index (κ2) is 12.8. The summed E-state index contributed by atoms with van der Waals surface area (Å²) in [4.78, 5) is 11.2. The molecule has 10 nitrogen and oxygen atoms in total. The molecular formula is C28H19ClF7N6O4+. The third-order valence-corrected chi connectivity index (χ3v) is 7.11. The molecule has 5 aromatic rings. The molecule has 0 bridgehead atoms. The van der Waals surface area contributed by atoms with Gasteiger partial charge in [-0.15, -0.1) is 4.68 Å². The number of H-pyrrole nitrogens is 1. The van der Waals surface area contributed by atoms with Gasteiger partial charge in [0.25, 0.3) is 0 Å². The first-order chi connectivity index (χ1) is 21.7. The number of hydrogen-bond acceptors (Lipinski definition) is 5. The number of ether oxygens (including phenoxy) is 1. The lowest BCUT2D eigenvalue weighted by Crippen LogP contribution is -2.36. The predicted molar refractivity (Wildman–Crippen MR) is 144 cm³/mol. The highest BCUT2D eigenvalue weighted by molar-refractivity contribution is 6.31. The number of carboxylic acids is 1. The maximum absolute atomic E-state index is 15.4. The van der Waals surface area contributed by atoms with Gasteiger partial charge in [0.2, 0.25) is 5.69 Å². The molecule has 0 spiro atoms. The lowest BCUT2D eigenvalue weighted by Gasteiger charge is -2.18. The minimum atomic E-state index is -4.81. The van der Waals surface area contributed by atoms with E-state index in [1.54, 1.807) is 0 Å². The molecule has 0 fully saturated rings. The van der Waals surface area contributed by atoms with Crippen molar-refractivity contribution in [2.45, 2.75) is 25.3 Å². The van der Waals surface area contributed by atoms with Gasteiger partial charge in [0.15, 0.2) is 23.9 Å². The van der Waals surface area contributed by atoms with Gasteiger partial charge < -0.3 is 15.1 Å². The summed E-state index contributed by atoms with van der Waals surface area (Å²) >= 11 is 5.96. The number of rotatable bonds is 10. The standard InChI is InChI=1S/C28H18ClF7N6O4/c29-18-4-6-22(41-13-23(38-39-41)28(34,35)36)24(25(18)31)15-2-5-21(42(45)12-15)20(7-8-46-27(32)33)40-11-16(10-37-40)14-1-3-17(26(43)44)19(30)9-14/h1-6,9-13,20,27H,7-8H2,(H,43,44)/p+1/t20-/m1/s1. The summed E-state index contributed by atoms with van der Waals surface area (Å²) in [5.41, 5.74) is -2.04. The number of nitrogens with zero attached hydrogens (tertiary/aromatic N) is 5. The van der Waals surface area contributed by atoms with Gasteiger partial charge in [-0.1, -0.05) is 22.9 Å². The summed E-state index contributed by atoms with van der Waals surface area (Å²) in [6, 6.07) is 7.11. The van der Waals surface area contributed by atoms with Gasteiger partial charge in [-0.3, -0.25) is 4.68 Å². The fraction of sp³-hybridized carbons (Fsp3) is 0.179. The molecule has 240 valence electrons. The largest absolute Gasteiger partial charge is 0.618 e. The first kappa shape index (κ1) is 32.4. The highest BCUT2D eigenvalue weighted by atomic mass is 35.5. The lowest BCUT2D eigenvalue weighted by molar-refractivity contribution is -0.659. The normalized spacial score (nSPS) is 12.5. The molecule has 0 unspecified atom stereocenters. The van der Waals surface area contributed by atoms with Crippen molar-refractivity contribution in [1.82, 2.24) is 20.1 Å². The van der Waals surface area contributed by atoms with Gasteiger partial charge in [0.05, 0.1) is 39.6 Å². The van der Waals surface area contributed by atoms with E-state index in [1.807, 2.05) is 0 Å². The number of nitrogens with one attached hydrogen (secondary N) is 1. The summed E-state index contributed by atoms with van der Waals surface area (Å²) in [5.74, 6) is -3.54. The minimum Gasteiger partial charge on any atom is -0.618 e. The Kier molecular flexibility index (Phi) is 8.98. The Morgan fingerprint density at radius 3 is 2.46 bits per heavy atom. The van der Waals surface area contributed by atoms with Gasteiger partial charge in [-0.2, -0.15) is 31.8 Å². The maximum Gasteiger partial charge on any atom is 0.464 e. The van der Waals surface area contributed by atoms with Crippen molar-refractivity contribution in [2.75, 3.05) is 6.61 Å². The van der Waals surface area contributed by atoms with Crippen LogP contribution in [0.3, 0.4) is 0 Å². The summed E-state index contributed by atoms with van der Waals surface area (Å²) < 4.78 is 101. The van der Waals surface area contributed by atoms with Crippen LogP contribution in [0.2, 0.25) is 5.02 Å². The van der Waals surface area contributed by atoms with Crippen molar-refractivity contribution >= 4 is 17.6 Å². The first-order valence-electron chi connectivity index (χ1n) is 13.0. The lowest BCUT2D eigenvalue weighted by atomic mass is 10.0. The van der Waals surface area contributed by atoms with Crippen LogP contribution in [0.25, 0.3) is 27.9 Å². The van der Waals surface area contributed by atoms with Gasteiger partial charge >= 0.3 is 24.5 Å². The van der Waals surface area contributed by atoms with E-state index < -0.39 is 59.3 Å². The Morgan fingerprint density at radius 1 is 1.09 bits per heavy atom. The Hall–Kier alpha value is -5.03. The molecule has 0 aliphatic rings. The zero-order valence-electron chi connectivity index (χ0n) is 22.9. The van der Waals surface area contributed by atoms with Crippen LogP contribution >= 0.6 is 11.6 Å². The van der Waals surface area contributed by atoms with Gasteiger partial charge in [-0.25, -0.2) is 13.6 Å². The molecule has 46 heavy (non-hydrogen) atoms. The zero-order valence-corrected chi connectivity index (χ0v) is 23.6. The van der Waals surface area contributed by atoms with E-state index in [4.69, 9.17) is 16.7 Å². The second-order valence-corrected chi connectivity index (χ2v) is 10.1. The number of carboxylic acid groups (broad SMARTS) is 1. The molecule has 3 heterocycles. The molecule has 0 amide bonds. The van der Waals surface area contributed by atoms with Crippen LogP contribution in [0.4, 0.5) is 30.7 Å². The number of aromatic nitrogens is 6. The van der Waals surface area contributed by atoms with E-state index in [-0.39, 0.29) is 34.5 Å².